The number of aliphatic hydroxyl groups is 1. The van der Waals surface area contributed by atoms with Crippen molar-refractivity contribution in [2.24, 2.45) is 5.92 Å². The van der Waals surface area contributed by atoms with Gasteiger partial charge in [-0.05, 0) is 43.4 Å². The van der Waals surface area contributed by atoms with Crippen LogP contribution in [0.2, 0.25) is 0 Å². The highest BCUT2D eigenvalue weighted by molar-refractivity contribution is 5.33. The SMILES string of the molecule is Cc1cc(C)c(C(O)CC2CCCCCC2)c(F)c1. The van der Waals surface area contributed by atoms with Gasteiger partial charge in [-0.15, -0.1) is 0 Å². The van der Waals surface area contributed by atoms with Crippen molar-refractivity contribution >= 4 is 0 Å². The van der Waals surface area contributed by atoms with Crippen molar-refractivity contribution in [3.8, 4) is 0 Å². The Morgan fingerprint density at radius 3 is 2.37 bits per heavy atom. The summed E-state index contributed by atoms with van der Waals surface area (Å²) >= 11 is 0. The molecule has 1 unspecified atom stereocenters. The minimum Gasteiger partial charge on any atom is -0.388 e. The maximum Gasteiger partial charge on any atom is 0.129 e. The Kier molecular flexibility index (Phi) is 4.98. The number of halogens is 1. The van der Waals surface area contributed by atoms with Crippen LogP contribution >= 0.6 is 0 Å². The topological polar surface area (TPSA) is 20.2 Å². The zero-order valence-corrected chi connectivity index (χ0v) is 12.1. The quantitative estimate of drug-likeness (QED) is 0.775. The fraction of sp³-hybridized carbons (Fsp3) is 0.647. The van der Waals surface area contributed by atoms with Gasteiger partial charge in [-0.3, -0.25) is 0 Å². The molecule has 0 amide bonds. The first-order valence-corrected chi connectivity index (χ1v) is 7.52. The van der Waals surface area contributed by atoms with Gasteiger partial charge in [0.05, 0.1) is 6.10 Å². The Morgan fingerprint density at radius 1 is 1.16 bits per heavy atom. The van der Waals surface area contributed by atoms with Gasteiger partial charge in [-0.1, -0.05) is 44.6 Å². The molecular formula is C17H25FO. The summed E-state index contributed by atoms with van der Waals surface area (Å²) in [5.41, 5.74) is 2.30. The third-order valence-electron chi connectivity index (χ3n) is 4.35. The van der Waals surface area contributed by atoms with E-state index in [9.17, 15) is 9.50 Å². The first-order chi connectivity index (χ1) is 9.08. The third kappa shape index (κ3) is 3.79. The molecular weight excluding hydrogens is 239 g/mol. The summed E-state index contributed by atoms with van der Waals surface area (Å²) in [5, 5.41) is 10.4. The van der Waals surface area contributed by atoms with E-state index in [0.29, 0.717) is 17.9 Å². The predicted octanol–water partition coefficient (Wildman–Crippen LogP) is 4.84. The summed E-state index contributed by atoms with van der Waals surface area (Å²) in [6.07, 6.45) is 7.56. The molecule has 0 radical (unpaired) electrons. The summed E-state index contributed by atoms with van der Waals surface area (Å²) in [6.45, 7) is 3.78. The third-order valence-corrected chi connectivity index (χ3v) is 4.35. The van der Waals surface area contributed by atoms with E-state index < -0.39 is 6.10 Å². The van der Waals surface area contributed by atoms with Crippen molar-refractivity contribution in [2.45, 2.75) is 64.9 Å². The van der Waals surface area contributed by atoms with Gasteiger partial charge in [0, 0.05) is 5.56 Å². The second-order valence-corrected chi connectivity index (χ2v) is 6.09. The number of benzene rings is 1. The molecule has 1 N–H and O–H groups in total. The van der Waals surface area contributed by atoms with Crippen molar-refractivity contribution in [3.05, 3.63) is 34.6 Å². The maximum absolute atomic E-state index is 14.0. The second-order valence-electron chi connectivity index (χ2n) is 6.09. The van der Waals surface area contributed by atoms with Crippen LogP contribution in [-0.2, 0) is 0 Å². The highest BCUT2D eigenvalue weighted by Crippen LogP contribution is 2.33. The van der Waals surface area contributed by atoms with Crippen LogP contribution in [0.4, 0.5) is 4.39 Å². The lowest BCUT2D eigenvalue weighted by atomic mass is 9.89. The van der Waals surface area contributed by atoms with Crippen molar-refractivity contribution < 1.29 is 9.50 Å². The summed E-state index contributed by atoms with van der Waals surface area (Å²) in [4.78, 5) is 0. The molecule has 106 valence electrons. The van der Waals surface area contributed by atoms with E-state index >= 15 is 0 Å². The van der Waals surface area contributed by atoms with Crippen LogP contribution in [0.25, 0.3) is 0 Å². The largest absolute Gasteiger partial charge is 0.388 e. The summed E-state index contributed by atoms with van der Waals surface area (Å²) in [6, 6.07) is 3.48. The highest BCUT2D eigenvalue weighted by Gasteiger charge is 2.21. The van der Waals surface area contributed by atoms with Gasteiger partial charge >= 0.3 is 0 Å². The molecule has 0 heterocycles. The lowest BCUT2D eigenvalue weighted by Gasteiger charge is -2.21. The molecule has 0 saturated heterocycles. The molecule has 0 aliphatic heterocycles. The molecule has 19 heavy (non-hydrogen) atoms. The van der Waals surface area contributed by atoms with Gasteiger partial charge in [-0.25, -0.2) is 4.39 Å². The van der Waals surface area contributed by atoms with Crippen LogP contribution in [0.15, 0.2) is 12.1 Å². The van der Waals surface area contributed by atoms with Gasteiger partial charge in [0.1, 0.15) is 5.82 Å². The highest BCUT2D eigenvalue weighted by atomic mass is 19.1. The van der Waals surface area contributed by atoms with Crippen LogP contribution in [-0.4, -0.2) is 5.11 Å². The molecule has 1 atom stereocenters. The normalized spacial score (nSPS) is 19.2. The Morgan fingerprint density at radius 2 is 1.79 bits per heavy atom. The van der Waals surface area contributed by atoms with Crippen LogP contribution in [0.1, 0.15) is 67.7 Å². The molecule has 1 aromatic rings. The van der Waals surface area contributed by atoms with Gasteiger partial charge < -0.3 is 5.11 Å². The molecule has 0 aromatic heterocycles. The summed E-state index contributed by atoms with van der Waals surface area (Å²) in [7, 11) is 0. The number of aliphatic hydroxyl groups excluding tert-OH is 1. The zero-order chi connectivity index (χ0) is 13.8. The van der Waals surface area contributed by atoms with E-state index in [1.807, 2.05) is 19.9 Å². The Balaban J connectivity index is 2.08. The fourth-order valence-corrected chi connectivity index (χ4v) is 3.38. The molecule has 0 spiro atoms. The average Bonchev–Trinajstić information content (AvgIpc) is 2.56. The average molecular weight is 264 g/mol. The number of rotatable bonds is 3. The van der Waals surface area contributed by atoms with Gasteiger partial charge in [0.2, 0.25) is 0 Å². The molecule has 1 aliphatic rings. The summed E-state index contributed by atoms with van der Waals surface area (Å²) in [5.74, 6) is 0.302. The van der Waals surface area contributed by atoms with E-state index in [1.54, 1.807) is 0 Å². The molecule has 1 fully saturated rings. The maximum atomic E-state index is 14.0. The monoisotopic (exact) mass is 264 g/mol. The lowest BCUT2D eigenvalue weighted by Crippen LogP contribution is -2.10. The van der Waals surface area contributed by atoms with E-state index in [0.717, 1.165) is 11.1 Å². The smallest absolute Gasteiger partial charge is 0.129 e. The number of aryl methyl sites for hydroxylation is 2. The van der Waals surface area contributed by atoms with Crippen LogP contribution < -0.4 is 0 Å². The lowest BCUT2D eigenvalue weighted by molar-refractivity contribution is 0.134. The molecule has 1 aliphatic carbocycles. The molecule has 1 saturated carbocycles. The van der Waals surface area contributed by atoms with Gasteiger partial charge in [0.15, 0.2) is 0 Å². The Bertz CT molecular complexity index is 396. The van der Waals surface area contributed by atoms with E-state index in [2.05, 4.69) is 0 Å². The zero-order valence-electron chi connectivity index (χ0n) is 12.1. The van der Waals surface area contributed by atoms with Gasteiger partial charge in [-0.2, -0.15) is 0 Å². The van der Waals surface area contributed by atoms with Crippen LogP contribution in [0.3, 0.4) is 0 Å². The van der Waals surface area contributed by atoms with E-state index in [1.165, 1.54) is 44.6 Å². The minimum atomic E-state index is -0.649. The Hall–Kier alpha value is -0.890. The fourth-order valence-electron chi connectivity index (χ4n) is 3.38. The summed E-state index contributed by atoms with van der Waals surface area (Å²) < 4.78 is 14.0. The van der Waals surface area contributed by atoms with Crippen molar-refractivity contribution in [3.63, 3.8) is 0 Å². The molecule has 2 heteroatoms. The molecule has 2 rings (SSSR count). The standard InChI is InChI=1S/C17H25FO/c1-12-9-13(2)17(15(18)10-12)16(19)11-14-7-5-3-4-6-8-14/h9-10,14,16,19H,3-8,11H2,1-2H3. The minimum absolute atomic E-state index is 0.251. The predicted molar refractivity (Wildman–Crippen MR) is 76.6 cm³/mol. The first-order valence-electron chi connectivity index (χ1n) is 7.52. The second kappa shape index (κ2) is 6.51. The number of hydrogen-bond donors (Lipinski definition) is 1. The van der Waals surface area contributed by atoms with Crippen molar-refractivity contribution in [2.75, 3.05) is 0 Å². The van der Waals surface area contributed by atoms with E-state index in [4.69, 9.17) is 0 Å². The van der Waals surface area contributed by atoms with Gasteiger partial charge in [0.25, 0.3) is 0 Å². The van der Waals surface area contributed by atoms with Crippen LogP contribution in [0, 0.1) is 25.6 Å². The van der Waals surface area contributed by atoms with Crippen molar-refractivity contribution in [1.82, 2.24) is 0 Å². The molecule has 1 aromatic carbocycles. The van der Waals surface area contributed by atoms with Crippen molar-refractivity contribution in [1.29, 1.82) is 0 Å². The number of hydrogen-bond acceptors (Lipinski definition) is 1. The van der Waals surface area contributed by atoms with Crippen LogP contribution in [0.5, 0.6) is 0 Å². The molecule has 1 nitrogen and oxygen atoms in total. The van der Waals surface area contributed by atoms with E-state index in [-0.39, 0.29) is 5.82 Å². The molecule has 0 bridgehead atoms. The Labute approximate surface area is 115 Å². The first kappa shape index (κ1) is 14.5.